The van der Waals surface area contributed by atoms with Crippen molar-refractivity contribution in [2.45, 2.75) is 18.9 Å². The van der Waals surface area contributed by atoms with Gasteiger partial charge < -0.3 is 14.7 Å². The molecule has 22 heavy (non-hydrogen) atoms. The van der Waals surface area contributed by atoms with Crippen LogP contribution in [0.3, 0.4) is 0 Å². The summed E-state index contributed by atoms with van der Waals surface area (Å²) in [4.78, 5) is 22.4. The highest BCUT2D eigenvalue weighted by atomic mass is 79.9. The van der Waals surface area contributed by atoms with Gasteiger partial charge in [0.15, 0.2) is 5.69 Å². The first-order valence-electron chi connectivity index (χ1n) is 7.42. The van der Waals surface area contributed by atoms with Crippen LogP contribution >= 0.6 is 15.9 Å². The fraction of sp³-hybridized carbons (Fsp3) is 0.533. The van der Waals surface area contributed by atoms with Gasteiger partial charge in [-0.05, 0) is 34.8 Å². The molecule has 3 heterocycles. The second-order valence-electron chi connectivity index (χ2n) is 5.78. The van der Waals surface area contributed by atoms with Crippen molar-refractivity contribution in [2.24, 2.45) is 0 Å². The largest absolute Gasteiger partial charge is 0.368 e. The number of nitriles is 1. The van der Waals surface area contributed by atoms with E-state index < -0.39 is 0 Å². The van der Waals surface area contributed by atoms with Crippen LogP contribution in [0.2, 0.25) is 0 Å². The molecule has 0 saturated carbocycles. The molecule has 0 bridgehead atoms. The molecule has 3 rings (SSSR count). The van der Waals surface area contributed by atoms with Crippen molar-refractivity contribution in [3.05, 3.63) is 22.4 Å². The van der Waals surface area contributed by atoms with Crippen molar-refractivity contribution in [3.63, 3.8) is 0 Å². The molecule has 7 heteroatoms. The van der Waals surface area contributed by atoms with Crippen LogP contribution in [-0.2, 0) is 0 Å². The number of carbonyl (C=O) groups is 1. The number of anilines is 1. The molecule has 116 valence electrons. The van der Waals surface area contributed by atoms with E-state index in [2.05, 4.69) is 31.9 Å². The number of urea groups is 1. The Bertz CT molecular complexity index is 629. The highest BCUT2D eigenvalue weighted by Crippen LogP contribution is 2.27. The van der Waals surface area contributed by atoms with E-state index in [1.54, 1.807) is 11.1 Å². The molecule has 1 atom stereocenters. The van der Waals surface area contributed by atoms with Crippen molar-refractivity contribution >= 4 is 27.6 Å². The molecular weight excluding hydrogens is 346 g/mol. The van der Waals surface area contributed by atoms with Gasteiger partial charge in [0, 0.05) is 33.2 Å². The molecule has 6 nitrogen and oxygen atoms in total. The van der Waals surface area contributed by atoms with Crippen LogP contribution in [0.5, 0.6) is 0 Å². The monoisotopic (exact) mass is 363 g/mol. The minimum absolute atomic E-state index is 0.131. The quantitative estimate of drug-likeness (QED) is 0.806. The standard InChI is InChI=1S/C15H18BrN5O/c1-19-5-6-21(15(19)22)11-3-2-4-20(10-11)12-7-13(16)14(8-17)18-9-12/h7,9,11H,2-6,10H2,1H3/t11-/m1/s1. The van der Waals surface area contributed by atoms with E-state index >= 15 is 0 Å². The number of nitrogens with zero attached hydrogens (tertiary/aromatic N) is 5. The van der Waals surface area contributed by atoms with Crippen LogP contribution in [0.4, 0.5) is 10.5 Å². The summed E-state index contributed by atoms with van der Waals surface area (Å²) in [6.45, 7) is 3.39. The van der Waals surface area contributed by atoms with Crippen LogP contribution in [-0.4, -0.2) is 60.1 Å². The van der Waals surface area contributed by atoms with Gasteiger partial charge in [0.2, 0.25) is 0 Å². The maximum absolute atomic E-state index is 12.2. The van der Waals surface area contributed by atoms with Crippen molar-refractivity contribution in [2.75, 3.05) is 38.1 Å². The second kappa shape index (κ2) is 6.13. The van der Waals surface area contributed by atoms with Crippen LogP contribution in [0, 0.1) is 11.3 Å². The molecular formula is C15H18BrN5O. The summed E-state index contributed by atoms with van der Waals surface area (Å²) < 4.78 is 0.714. The van der Waals surface area contributed by atoms with Gasteiger partial charge in [0.1, 0.15) is 6.07 Å². The van der Waals surface area contributed by atoms with E-state index in [9.17, 15) is 4.79 Å². The van der Waals surface area contributed by atoms with Crippen LogP contribution in [0.15, 0.2) is 16.7 Å². The summed E-state index contributed by atoms with van der Waals surface area (Å²) >= 11 is 3.39. The molecule has 0 aliphatic carbocycles. The van der Waals surface area contributed by atoms with Gasteiger partial charge in [0.05, 0.1) is 22.4 Å². The number of hydrogen-bond acceptors (Lipinski definition) is 4. The summed E-state index contributed by atoms with van der Waals surface area (Å²) in [5, 5.41) is 8.95. The highest BCUT2D eigenvalue weighted by Gasteiger charge is 2.34. The molecule has 1 aromatic rings. The summed E-state index contributed by atoms with van der Waals surface area (Å²) in [5.41, 5.74) is 1.39. The number of amides is 2. The average molecular weight is 364 g/mol. The van der Waals surface area contributed by atoms with Crippen molar-refractivity contribution in [1.82, 2.24) is 14.8 Å². The topological polar surface area (TPSA) is 63.5 Å². The Balaban J connectivity index is 1.75. The number of carbonyl (C=O) groups excluding carboxylic acids is 1. The van der Waals surface area contributed by atoms with Gasteiger partial charge in [-0.15, -0.1) is 0 Å². The van der Waals surface area contributed by atoms with E-state index in [-0.39, 0.29) is 12.1 Å². The van der Waals surface area contributed by atoms with Crippen LogP contribution in [0.25, 0.3) is 0 Å². The van der Waals surface area contributed by atoms with Crippen LogP contribution in [0.1, 0.15) is 18.5 Å². The molecule has 2 aliphatic heterocycles. The third kappa shape index (κ3) is 2.75. The lowest BCUT2D eigenvalue weighted by molar-refractivity contribution is 0.175. The predicted octanol–water partition coefficient (Wildman–Crippen LogP) is 2.05. The first kappa shape index (κ1) is 15.1. The van der Waals surface area contributed by atoms with Crippen LogP contribution < -0.4 is 4.90 Å². The molecule has 0 radical (unpaired) electrons. The smallest absolute Gasteiger partial charge is 0.320 e. The fourth-order valence-corrected chi connectivity index (χ4v) is 3.56. The summed E-state index contributed by atoms with van der Waals surface area (Å²) in [6, 6.07) is 4.37. The normalized spacial score (nSPS) is 22.1. The number of aromatic nitrogens is 1. The zero-order valence-corrected chi connectivity index (χ0v) is 14.1. The molecule has 0 aromatic carbocycles. The number of likely N-dealkylation sites (N-methyl/N-ethyl adjacent to an activating group) is 1. The van der Waals surface area contributed by atoms with Gasteiger partial charge >= 0.3 is 6.03 Å². The molecule has 2 aliphatic rings. The molecule has 2 fully saturated rings. The number of rotatable bonds is 2. The maximum Gasteiger partial charge on any atom is 0.320 e. The average Bonchev–Trinajstić information content (AvgIpc) is 2.87. The highest BCUT2D eigenvalue weighted by molar-refractivity contribution is 9.10. The SMILES string of the molecule is CN1CCN([C@@H]2CCCN(c3cnc(C#N)c(Br)c3)C2)C1=O. The molecule has 2 amide bonds. The van der Waals surface area contributed by atoms with E-state index in [0.29, 0.717) is 10.2 Å². The molecule has 2 saturated heterocycles. The molecule has 1 aromatic heterocycles. The van der Waals surface area contributed by atoms with E-state index in [4.69, 9.17) is 5.26 Å². The Hall–Kier alpha value is -1.81. The second-order valence-corrected chi connectivity index (χ2v) is 6.63. The lowest BCUT2D eigenvalue weighted by atomic mass is 10.0. The maximum atomic E-state index is 12.2. The van der Waals surface area contributed by atoms with Crippen molar-refractivity contribution < 1.29 is 4.79 Å². The first-order chi connectivity index (χ1) is 10.6. The molecule has 0 N–H and O–H groups in total. The van der Waals surface area contributed by atoms with Crippen molar-refractivity contribution in [3.8, 4) is 6.07 Å². The number of hydrogen-bond donors (Lipinski definition) is 0. The number of halogens is 1. The predicted molar refractivity (Wildman–Crippen MR) is 86.6 cm³/mol. The summed E-state index contributed by atoms with van der Waals surface area (Å²) in [5.74, 6) is 0. The summed E-state index contributed by atoms with van der Waals surface area (Å²) in [6.07, 6.45) is 3.83. The summed E-state index contributed by atoms with van der Waals surface area (Å²) in [7, 11) is 1.85. The van der Waals surface area contributed by atoms with E-state index in [1.165, 1.54) is 0 Å². The number of pyridine rings is 1. The Kier molecular flexibility index (Phi) is 4.21. The first-order valence-corrected chi connectivity index (χ1v) is 8.22. The zero-order valence-electron chi connectivity index (χ0n) is 12.5. The zero-order chi connectivity index (χ0) is 15.7. The van der Waals surface area contributed by atoms with Gasteiger partial charge in [-0.25, -0.2) is 9.78 Å². The van der Waals surface area contributed by atoms with E-state index in [0.717, 1.165) is 44.7 Å². The van der Waals surface area contributed by atoms with Gasteiger partial charge in [-0.2, -0.15) is 5.26 Å². The third-order valence-electron chi connectivity index (χ3n) is 4.38. The third-order valence-corrected chi connectivity index (χ3v) is 4.99. The number of piperidine rings is 1. The Labute approximate surface area is 138 Å². The van der Waals surface area contributed by atoms with Crippen molar-refractivity contribution in [1.29, 1.82) is 5.26 Å². The van der Waals surface area contributed by atoms with Gasteiger partial charge in [0.25, 0.3) is 0 Å². The lowest BCUT2D eigenvalue weighted by Gasteiger charge is -2.38. The fourth-order valence-electron chi connectivity index (χ4n) is 3.13. The van der Waals surface area contributed by atoms with Gasteiger partial charge in [-0.1, -0.05) is 0 Å². The minimum Gasteiger partial charge on any atom is -0.368 e. The minimum atomic E-state index is 0.131. The molecule has 0 unspecified atom stereocenters. The van der Waals surface area contributed by atoms with E-state index in [1.807, 2.05) is 18.0 Å². The lowest BCUT2D eigenvalue weighted by Crippen LogP contribution is -2.49. The van der Waals surface area contributed by atoms with Gasteiger partial charge in [-0.3, -0.25) is 0 Å². The molecule has 0 spiro atoms. The Morgan fingerprint density at radius 2 is 2.23 bits per heavy atom. The Morgan fingerprint density at radius 1 is 1.41 bits per heavy atom. The Morgan fingerprint density at radius 3 is 2.86 bits per heavy atom.